The summed E-state index contributed by atoms with van der Waals surface area (Å²) in [4.78, 5) is 19.9. The minimum absolute atomic E-state index is 0.0621. The molecule has 1 N–H and O–H groups in total. The van der Waals surface area contributed by atoms with Gasteiger partial charge in [0.25, 0.3) is 5.82 Å². The first kappa shape index (κ1) is 11.2. The first-order chi connectivity index (χ1) is 8.49. The van der Waals surface area contributed by atoms with Crippen molar-refractivity contribution in [3.8, 4) is 0 Å². The Labute approximate surface area is 105 Å². The summed E-state index contributed by atoms with van der Waals surface area (Å²) < 4.78 is 5.24. The van der Waals surface area contributed by atoms with Gasteiger partial charge < -0.3 is 14.9 Å². The van der Waals surface area contributed by atoms with E-state index in [1.807, 2.05) is 19.9 Å². The smallest absolute Gasteiger partial charge is 0.269 e. The zero-order valence-corrected chi connectivity index (χ0v) is 10.3. The lowest BCUT2D eigenvalue weighted by Crippen LogP contribution is -2.66. The van der Waals surface area contributed by atoms with E-state index in [4.69, 9.17) is 11.3 Å². The number of hydrogen-bond donors (Lipinski definition) is 1. The predicted molar refractivity (Wildman–Crippen MR) is 64.2 cm³/mol. The first-order valence-electron chi connectivity index (χ1n) is 5.79. The fourth-order valence-electron chi connectivity index (χ4n) is 2.46. The normalized spacial score (nSPS) is 22.6. The Morgan fingerprint density at radius 2 is 2.17 bits per heavy atom. The SMILES string of the molecule is [C-]#[N+]c1ccc2c(n1)C(C)(C)C(=O)NC21COC1. The summed E-state index contributed by atoms with van der Waals surface area (Å²) in [6, 6.07) is 3.58. The van der Waals surface area contributed by atoms with Crippen LogP contribution >= 0.6 is 0 Å². The van der Waals surface area contributed by atoms with Gasteiger partial charge in [0.1, 0.15) is 11.0 Å². The molecule has 0 aromatic carbocycles. The van der Waals surface area contributed by atoms with E-state index >= 15 is 0 Å². The second kappa shape index (κ2) is 3.30. The van der Waals surface area contributed by atoms with Crippen LogP contribution in [0.3, 0.4) is 0 Å². The number of pyridine rings is 1. The van der Waals surface area contributed by atoms with Crippen molar-refractivity contribution in [2.45, 2.75) is 24.8 Å². The largest absolute Gasteiger partial charge is 0.376 e. The van der Waals surface area contributed by atoms with Gasteiger partial charge in [0.05, 0.1) is 13.2 Å². The highest BCUT2D eigenvalue weighted by Crippen LogP contribution is 2.41. The van der Waals surface area contributed by atoms with Gasteiger partial charge in [-0.1, -0.05) is 12.6 Å². The Morgan fingerprint density at radius 3 is 2.72 bits per heavy atom. The number of carbonyl (C=O) groups is 1. The van der Waals surface area contributed by atoms with E-state index in [1.54, 1.807) is 6.07 Å². The second-order valence-corrected chi connectivity index (χ2v) is 5.33. The van der Waals surface area contributed by atoms with Crippen molar-refractivity contribution in [2.75, 3.05) is 13.2 Å². The fraction of sp³-hybridized carbons (Fsp3) is 0.462. The molecule has 1 fully saturated rings. The van der Waals surface area contributed by atoms with Crippen LogP contribution in [-0.4, -0.2) is 24.1 Å². The number of amides is 1. The van der Waals surface area contributed by atoms with Crippen LogP contribution in [0, 0.1) is 6.57 Å². The van der Waals surface area contributed by atoms with E-state index < -0.39 is 11.0 Å². The number of ether oxygens (including phenoxy) is 1. The van der Waals surface area contributed by atoms with Crippen molar-refractivity contribution in [3.63, 3.8) is 0 Å². The Bertz CT molecular complexity index is 582. The van der Waals surface area contributed by atoms with Gasteiger partial charge in [0.15, 0.2) is 5.69 Å². The molecule has 18 heavy (non-hydrogen) atoms. The van der Waals surface area contributed by atoms with Crippen molar-refractivity contribution in [2.24, 2.45) is 0 Å². The van der Waals surface area contributed by atoms with Crippen LogP contribution in [0.15, 0.2) is 12.1 Å². The number of hydrogen-bond acceptors (Lipinski definition) is 3. The number of nitrogens with one attached hydrogen (secondary N) is 1. The maximum absolute atomic E-state index is 12.2. The molecule has 1 aromatic heterocycles. The van der Waals surface area contributed by atoms with E-state index in [9.17, 15) is 4.79 Å². The van der Waals surface area contributed by atoms with Gasteiger partial charge in [-0.05, 0) is 19.9 Å². The molecule has 0 atom stereocenters. The van der Waals surface area contributed by atoms with E-state index in [0.717, 1.165) is 5.56 Å². The van der Waals surface area contributed by atoms with Gasteiger partial charge >= 0.3 is 0 Å². The monoisotopic (exact) mass is 243 g/mol. The third kappa shape index (κ3) is 1.24. The summed E-state index contributed by atoms with van der Waals surface area (Å²) in [7, 11) is 0. The molecule has 5 nitrogen and oxygen atoms in total. The molecule has 92 valence electrons. The zero-order chi connectivity index (χ0) is 13.0. The number of rotatable bonds is 0. The third-order valence-corrected chi connectivity index (χ3v) is 3.72. The fourth-order valence-corrected chi connectivity index (χ4v) is 2.46. The van der Waals surface area contributed by atoms with E-state index in [2.05, 4.69) is 15.1 Å². The Balaban J connectivity index is 2.24. The van der Waals surface area contributed by atoms with Crippen LogP contribution in [0.5, 0.6) is 0 Å². The Morgan fingerprint density at radius 1 is 1.44 bits per heavy atom. The standard InChI is InChI=1S/C13H13N3O2/c1-12(2)10-8(4-5-9(14-3)15-10)13(6-18-7-13)16-11(12)17/h4-5H,6-7H2,1-2H3,(H,16,17). The lowest BCUT2D eigenvalue weighted by Gasteiger charge is -2.48. The van der Waals surface area contributed by atoms with Crippen molar-refractivity contribution in [1.82, 2.24) is 10.3 Å². The van der Waals surface area contributed by atoms with Crippen LogP contribution < -0.4 is 5.32 Å². The van der Waals surface area contributed by atoms with Gasteiger partial charge in [0.2, 0.25) is 5.91 Å². The van der Waals surface area contributed by atoms with Crippen molar-refractivity contribution < 1.29 is 9.53 Å². The molecular formula is C13H13N3O2. The van der Waals surface area contributed by atoms with Crippen LogP contribution in [0.4, 0.5) is 5.82 Å². The van der Waals surface area contributed by atoms with Crippen LogP contribution in [0.25, 0.3) is 4.85 Å². The number of carbonyl (C=O) groups excluding carboxylic acids is 1. The predicted octanol–water partition coefficient (Wildman–Crippen LogP) is 1.27. The summed E-state index contributed by atoms with van der Waals surface area (Å²) >= 11 is 0. The molecule has 0 bridgehead atoms. The lowest BCUT2D eigenvalue weighted by molar-refractivity contribution is -0.141. The van der Waals surface area contributed by atoms with Gasteiger partial charge in [-0.25, -0.2) is 0 Å². The minimum Gasteiger partial charge on any atom is -0.376 e. The van der Waals surface area contributed by atoms with Crippen molar-refractivity contribution >= 4 is 11.7 Å². The van der Waals surface area contributed by atoms with Crippen LogP contribution in [-0.2, 0) is 20.5 Å². The summed E-state index contributed by atoms with van der Waals surface area (Å²) in [6.45, 7) is 11.6. The molecule has 2 aliphatic heterocycles. The van der Waals surface area contributed by atoms with Crippen LogP contribution in [0.1, 0.15) is 25.1 Å². The molecule has 1 amide bonds. The number of aromatic nitrogens is 1. The van der Waals surface area contributed by atoms with Crippen molar-refractivity contribution in [1.29, 1.82) is 0 Å². The zero-order valence-electron chi connectivity index (χ0n) is 10.3. The van der Waals surface area contributed by atoms with E-state index in [-0.39, 0.29) is 5.91 Å². The summed E-state index contributed by atoms with van der Waals surface area (Å²) in [5.41, 5.74) is 0.528. The van der Waals surface area contributed by atoms with Gasteiger partial charge in [-0.2, -0.15) is 0 Å². The minimum atomic E-state index is -0.711. The average Bonchev–Trinajstić information content (AvgIpc) is 2.31. The molecule has 5 heteroatoms. The quantitative estimate of drug-likeness (QED) is 0.698. The number of fused-ring (bicyclic) bond motifs is 2. The molecule has 0 saturated carbocycles. The topological polar surface area (TPSA) is 55.6 Å². The molecule has 1 saturated heterocycles. The van der Waals surface area contributed by atoms with Gasteiger partial charge in [0, 0.05) is 5.56 Å². The molecule has 0 unspecified atom stereocenters. The molecule has 0 aliphatic carbocycles. The highest BCUT2D eigenvalue weighted by Gasteiger charge is 2.54. The average molecular weight is 243 g/mol. The van der Waals surface area contributed by atoms with E-state index in [0.29, 0.717) is 24.7 Å². The van der Waals surface area contributed by atoms with E-state index in [1.165, 1.54) is 0 Å². The highest BCUT2D eigenvalue weighted by atomic mass is 16.5. The number of nitrogens with zero attached hydrogens (tertiary/aromatic N) is 2. The molecule has 3 heterocycles. The molecule has 0 radical (unpaired) electrons. The highest BCUT2D eigenvalue weighted by molar-refractivity contribution is 5.90. The van der Waals surface area contributed by atoms with Crippen LogP contribution in [0.2, 0.25) is 0 Å². The lowest BCUT2D eigenvalue weighted by atomic mass is 9.73. The third-order valence-electron chi connectivity index (χ3n) is 3.72. The second-order valence-electron chi connectivity index (χ2n) is 5.33. The molecule has 1 aromatic rings. The summed E-state index contributed by atoms with van der Waals surface area (Å²) in [5, 5.41) is 3.03. The molecule has 1 spiro atoms. The Kier molecular flexibility index (Phi) is 2.05. The molecule has 3 rings (SSSR count). The first-order valence-corrected chi connectivity index (χ1v) is 5.79. The summed E-state index contributed by atoms with van der Waals surface area (Å²) in [6.07, 6.45) is 0. The van der Waals surface area contributed by atoms with Gasteiger partial charge in [-0.15, -0.1) is 4.98 Å². The molecule has 2 aliphatic rings. The summed E-state index contributed by atoms with van der Waals surface area (Å²) in [5.74, 6) is 0.264. The maximum atomic E-state index is 12.2. The maximum Gasteiger partial charge on any atom is 0.269 e. The van der Waals surface area contributed by atoms with Crippen molar-refractivity contribution in [3.05, 3.63) is 34.8 Å². The van der Waals surface area contributed by atoms with Gasteiger partial charge in [-0.3, -0.25) is 4.79 Å². The molecular weight excluding hydrogens is 230 g/mol. The Hall–Kier alpha value is -1.93.